The number of allylic oxidation sites excluding steroid dienone is 1. The Morgan fingerprint density at radius 1 is 1.04 bits per heavy atom. The molecule has 1 aliphatic heterocycles. The van der Waals surface area contributed by atoms with Crippen molar-refractivity contribution in [2.45, 2.75) is 45.8 Å². The van der Waals surface area contributed by atoms with Crippen LogP contribution in [0.3, 0.4) is 0 Å². The van der Waals surface area contributed by atoms with Gasteiger partial charge >= 0.3 is 7.12 Å². The first-order valence-corrected chi connectivity index (χ1v) is 7.45. The molecule has 0 radical (unpaired) electrons. The third-order valence-corrected chi connectivity index (χ3v) is 4.38. The van der Waals surface area contributed by atoms with Gasteiger partial charge in [-0.25, -0.2) is 9.38 Å². The molecule has 1 saturated heterocycles. The van der Waals surface area contributed by atoms with E-state index in [1.807, 2.05) is 27.7 Å². The molecule has 1 fully saturated rings. The Morgan fingerprint density at radius 3 is 1.96 bits per heavy atom. The lowest BCUT2D eigenvalue weighted by atomic mass is 9.83. The number of hydrogen-bond donors (Lipinski definition) is 2. The molecule has 0 saturated carbocycles. The zero-order chi connectivity index (χ0) is 17.4. The molecule has 0 atom stereocenters. The van der Waals surface area contributed by atoms with Gasteiger partial charge in [-0.2, -0.15) is 0 Å². The number of rotatable bonds is 3. The normalized spacial score (nSPS) is 20.2. The SMILES string of the molecule is CC(=C(F)B1OC(C)(C)C(C)(C)O1)c1ccc(N=C(N)N)cc1. The Labute approximate surface area is 136 Å². The van der Waals surface area contributed by atoms with E-state index in [4.69, 9.17) is 20.8 Å². The zero-order valence-corrected chi connectivity index (χ0v) is 14.2. The van der Waals surface area contributed by atoms with Crippen molar-refractivity contribution in [1.82, 2.24) is 0 Å². The van der Waals surface area contributed by atoms with Crippen LogP contribution < -0.4 is 11.5 Å². The van der Waals surface area contributed by atoms with E-state index < -0.39 is 24.0 Å². The molecule has 0 aliphatic carbocycles. The monoisotopic (exact) mass is 319 g/mol. The van der Waals surface area contributed by atoms with Crippen LogP contribution in [0.4, 0.5) is 10.1 Å². The molecule has 0 amide bonds. The van der Waals surface area contributed by atoms with E-state index in [2.05, 4.69) is 4.99 Å². The fraction of sp³-hybridized carbons (Fsp3) is 0.438. The van der Waals surface area contributed by atoms with Gasteiger partial charge in [-0.1, -0.05) is 12.1 Å². The van der Waals surface area contributed by atoms with Crippen LogP contribution in [0.5, 0.6) is 0 Å². The molecule has 0 aromatic heterocycles. The van der Waals surface area contributed by atoms with Crippen molar-refractivity contribution in [3.05, 3.63) is 35.6 Å². The van der Waals surface area contributed by atoms with Crippen molar-refractivity contribution < 1.29 is 13.7 Å². The van der Waals surface area contributed by atoms with E-state index in [1.165, 1.54) is 0 Å². The maximum absolute atomic E-state index is 14.7. The summed E-state index contributed by atoms with van der Waals surface area (Å²) in [5.74, 6) is -0.0200. The fourth-order valence-corrected chi connectivity index (χ4v) is 2.20. The number of hydrogen-bond acceptors (Lipinski definition) is 3. The van der Waals surface area contributed by atoms with Gasteiger partial charge < -0.3 is 20.8 Å². The third-order valence-electron chi connectivity index (χ3n) is 4.38. The number of nitrogens with zero attached hydrogens (tertiary/aromatic N) is 1. The summed E-state index contributed by atoms with van der Waals surface area (Å²) < 4.78 is 26.2. The predicted octanol–water partition coefficient (Wildman–Crippen LogP) is 2.92. The Balaban J connectivity index is 2.26. The van der Waals surface area contributed by atoms with Crippen molar-refractivity contribution in [2.24, 2.45) is 16.5 Å². The summed E-state index contributed by atoms with van der Waals surface area (Å²) in [6.45, 7) is 9.24. The highest BCUT2D eigenvalue weighted by atomic mass is 19.1. The van der Waals surface area contributed by atoms with E-state index >= 15 is 0 Å². The molecule has 124 valence electrons. The molecule has 1 heterocycles. The van der Waals surface area contributed by atoms with Crippen LogP contribution in [-0.2, 0) is 9.31 Å². The Bertz CT molecular complexity index is 634. The van der Waals surface area contributed by atoms with Crippen LogP contribution in [0.1, 0.15) is 40.2 Å². The molecule has 23 heavy (non-hydrogen) atoms. The van der Waals surface area contributed by atoms with E-state index in [0.717, 1.165) is 0 Å². The molecule has 1 aliphatic rings. The largest absolute Gasteiger partial charge is 0.525 e. The first-order chi connectivity index (χ1) is 10.5. The van der Waals surface area contributed by atoms with Crippen LogP contribution >= 0.6 is 0 Å². The average Bonchev–Trinajstić information content (AvgIpc) is 2.66. The number of nitrogens with two attached hydrogens (primary N) is 2. The molecule has 1 aromatic rings. The van der Waals surface area contributed by atoms with Gasteiger partial charge in [0.25, 0.3) is 0 Å². The summed E-state index contributed by atoms with van der Waals surface area (Å²) >= 11 is 0. The summed E-state index contributed by atoms with van der Waals surface area (Å²) in [4.78, 5) is 3.93. The molecule has 2 rings (SSSR count). The zero-order valence-electron chi connectivity index (χ0n) is 14.2. The van der Waals surface area contributed by atoms with Gasteiger partial charge in [-0.15, -0.1) is 0 Å². The van der Waals surface area contributed by atoms with Crippen LogP contribution in [0.15, 0.2) is 35.0 Å². The number of benzene rings is 1. The molecule has 7 heteroatoms. The smallest absolute Gasteiger partial charge is 0.398 e. The second-order valence-corrected chi connectivity index (χ2v) is 6.64. The molecular formula is C16H23BFN3O2. The highest BCUT2D eigenvalue weighted by Crippen LogP contribution is 2.40. The van der Waals surface area contributed by atoms with Gasteiger partial charge in [0, 0.05) is 0 Å². The third kappa shape index (κ3) is 3.56. The molecule has 5 nitrogen and oxygen atoms in total. The maximum Gasteiger partial charge on any atom is 0.525 e. The van der Waals surface area contributed by atoms with Gasteiger partial charge in [0.15, 0.2) is 5.96 Å². The highest BCUT2D eigenvalue weighted by Gasteiger charge is 2.53. The van der Waals surface area contributed by atoms with Crippen molar-refractivity contribution in [3.63, 3.8) is 0 Å². The first-order valence-electron chi connectivity index (χ1n) is 7.45. The van der Waals surface area contributed by atoms with E-state index in [-0.39, 0.29) is 5.96 Å². The van der Waals surface area contributed by atoms with Gasteiger partial charge in [0.2, 0.25) is 0 Å². The van der Waals surface area contributed by atoms with Crippen molar-refractivity contribution in [1.29, 1.82) is 0 Å². The minimum atomic E-state index is -1.00. The lowest BCUT2D eigenvalue weighted by Crippen LogP contribution is -2.41. The Kier molecular flexibility index (Phi) is 4.55. The van der Waals surface area contributed by atoms with Crippen molar-refractivity contribution in [2.75, 3.05) is 0 Å². The molecule has 0 unspecified atom stereocenters. The van der Waals surface area contributed by atoms with Crippen molar-refractivity contribution in [3.8, 4) is 0 Å². The average molecular weight is 319 g/mol. The highest BCUT2D eigenvalue weighted by molar-refractivity contribution is 6.55. The fourth-order valence-electron chi connectivity index (χ4n) is 2.20. The molecule has 1 aromatic carbocycles. The topological polar surface area (TPSA) is 82.9 Å². The van der Waals surface area contributed by atoms with Crippen LogP contribution in [-0.4, -0.2) is 24.3 Å². The van der Waals surface area contributed by atoms with E-state index in [9.17, 15) is 4.39 Å². The number of halogens is 1. The summed E-state index contributed by atoms with van der Waals surface area (Å²) in [6.07, 6.45) is 0. The van der Waals surface area contributed by atoms with Crippen LogP contribution in [0.2, 0.25) is 0 Å². The summed E-state index contributed by atoms with van der Waals surface area (Å²) in [5, 5.41) is 0. The van der Waals surface area contributed by atoms with E-state index in [0.29, 0.717) is 16.8 Å². The molecular weight excluding hydrogens is 296 g/mol. The van der Waals surface area contributed by atoms with Gasteiger partial charge in [0.05, 0.1) is 16.9 Å². The van der Waals surface area contributed by atoms with Crippen LogP contribution in [0.25, 0.3) is 5.57 Å². The molecule has 4 N–H and O–H groups in total. The van der Waals surface area contributed by atoms with E-state index in [1.54, 1.807) is 31.2 Å². The molecule has 0 spiro atoms. The lowest BCUT2D eigenvalue weighted by Gasteiger charge is -2.32. The van der Waals surface area contributed by atoms with Gasteiger partial charge in [-0.3, -0.25) is 0 Å². The first kappa shape index (κ1) is 17.5. The van der Waals surface area contributed by atoms with Crippen molar-refractivity contribution >= 4 is 24.3 Å². The Hall–Kier alpha value is -1.86. The summed E-state index contributed by atoms with van der Waals surface area (Å²) in [5.41, 5.74) is 10.9. The predicted molar refractivity (Wildman–Crippen MR) is 91.7 cm³/mol. The molecule has 0 bridgehead atoms. The summed E-state index contributed by atoms with van der Waals surface area (Å²) in [7, 11) is -1.00. The summed E-state index contributed by atoms with van der Waals surface area (Å²) in [6, 6.07) is 6.94. The number of aliphatic imine (C=N–C) groups is 1. The lowest BCUT2D eigenvalue weighted by molar-refractivity contribution is 0.00578. The number of guanidine groups is 1. The van der Waals surface area contributed by atoms with Crippen LogP contribution in [0, 0.1) is 0 Å². The standard InChI is InChI=1S/C16H23BFN3O2/c1-10(11-6-8-12(9-7-11)21-14(19)20)13(18)17-22-15(2,3)16(4,5)23-17/h6-9H,1-5H3,(H4,19,20,21). The second-order valence-electron chi connectivity index (χ2n) is 6.64. The Morgan fingerprint density at radius 2 is 1.52 bits per heavy atom. The van der Waals surface area contributed by atoms with Gasteiger partial charge in [-0.05, 0) is 57.9 Å². The minimum Gasteiger partial charge on any atom is -0.398 e. The quantitative estimate of drug-likeness (QED) is 0.510. The maximum atomic E-state index is 14.7. The van der Waals surface area contributed by atoms with Gasteiger partial charge in [0.1, 0.15) is 5.73 Å². The second kappa shape index (κ2) is 5.98. The minimum absolute atomic E-state index is 0.0200.